The molecule has 15 heavy (non-hydrogen) atoms. The van der Waals surface area contributed by atoms with Crippen molar-refractivity contribution in [2.45, 2.75) is 6.42 Å². The van der Waals surface area contributed by atoms with Crippen LogP contribution >= 0.6 is 0 Å². The molecule has 0 radical (unpaired) electrons. The van der Waals surface area contributed by atoms with Gasteiger partial charge in [0.25, 0.3) is 0 Å². The van der Waals surface area contributed by atoms with Gasteiger partial charge in [-0.2, -0.15) is 0 Å². The Morgan fingerprint density at radius 3 is 2.60 bits per heavy atom. The molecule has 0 spiro atoms. The molecule has 0 aromatic carbocycles. The van der Waals surface area contributed by atoms with Crippen molar-refractivity contribution < 1.29 is 19.8 Å². The molecule has 0 saturated carbocycles. The summed E-state index contributed by atoms with van der Waals surface area (Å²) in [4.78, 5) is 24.8. The number of aliphatic carboxylic acids is 2. The van der Waals surface area contributed by atoms with Gasteiger partial charge < -0.3 is 10.2 Å². The summed E-state index contributed by atoms with van der Waals surface area (Å²) >= 11 is 0. The molecule has 78 valence electrons. The van der Waals surface area contributed by atoms with Gasteiger partial charge >= 0.3 is 11.9 Å². The van der Waals surface area contributed by atoms with E-state index in [0.717, 1.165) is 0 Å². The minimum Gasteiger partial charge on any atom is -0.478 e. The predicted octanol–water partition coefficient (Wildman–Crippen LogP) is 0.720. The second kappa shape index (κ2) is 4.90. The van der Waals surface area contributed by atoms with Crippen molar-refractivity contribution >= 4 is 11.9 Å². The highest BCUT2D eigenvalue weighted by atomic mass is 16.4. The Morgan fingerprint density at radius 2 is 2.13 bits per heavy atom. The zero-order valence-corrected chi connectivity index (χ0v) is 7.75. The maximum absolute atomic E-state index is 10.7. The molecule has 5 nitrogen and oxygen atoms in total. The SMILES string of the molecule is O=C(O)/C=C(/Cc1cccnc1)C(=O)O. The number of rotatable bonds is 4. The van der Waals surface area contributed by atoms with Crippen LogP contribution in [0.5, 0.6) is 0 Å². The molecule has 1 heterocycles. The molecule has 0 aliphatic carbocycles. The maximum atomic E-state index is 10.7. The van der Waals surface area contributed by atoms with Gasteiger partial charge in [0.2, 0.25) is 0 Å². The molecule has 0 fully saturated rings. The van der Waals surface area contributed by atoms with Crippen LogP contribution in [0.15, 0.2) is 36.2 Å². The van der Waals surface area contributed by atoms with Crippen LogP contribution in [0, 0.1) is 0 Å². The van der Waals surface area contributed by atoms with Crippen LogP contribution in [0.4, 0.5) is 0 Å². The van der Waals surface area contributed by atoms with E-state index in [-0.39, 0.29) is 12.0 Å². The molecule has 0 atom stereocenters. The highest BCUT2D eigenvalue weighted by molar-refractivity contribution is 5.94. The van der Waals surface area contributed by atoms with Gasteiger partial charge in [0.1, 0.15) is 0 Å². The minimum atomic E-state index is -1.27. The van der Waals surface area contributed by atoms with Gasteiger partial charge in [-0.05, 0) is 11.6 Å². The number of pyridine rings is 1. The third-order valence-electron chi connectivity index (χ3n) is 1.69. The molecule has 5 heteroatoms. The summed E-state index contributed by atoms with van der Waals surface area (Å²) in [6, 6.07) is 3.35. The third kappa shape index (κ3) is 3.60. The summed E-state index contributed by atoms with van der Waals surface area (Å²) in [5, 5.41) is 17.2. The number of carbonyl (C=O) groups is 2. The van der Waals surface area contributed by atoms with E-state index in [1.54, 1.807) is 18.3 Å². The minimum absolute atomic E-state index is 0.0511. The fraction of sp³-hybridized carbons (Fsp3) is 0.100. The zero-order valence-electron chi connectivity index (χ0n) is 7.75. The first kappa shape index (κ1) is 10.9. The zero-order chi connectivity index (χ0) is 11.3. The maximum Gasteiger partial charge on any atom is 0.332 e. The lowest BCUT2D eigenvalue weighted by molar-refractivity contribution is -0.135. The first-order valence-corrected chi connectivity index (χ1v) is 4.15. The topological polar surface area (TPSA) is 87.5 Å². The van der Waals surface area contributed by atoms with Crippen LogP contribution in [-0.2, 0) is 16.0 Å². The summed E-state index contributed by atoms with van der Waals surface area (Å²) in [5.74, 6) is -2.50. The number of carboxylic acid groups (broad SMARTS) is 2. The second-order valence-electron chi connectivity index (χ2n) is 2.85. The number of hydrogen-bond donors (Lipinski definition) is 2. The highest BCUT2D eigenvalue weighted by Gasteiger charge is 2.10. The Hall–Kier alpha value is -2.17. The lowest BCUT2D eigenvalue weighted by Crippen LogP contribution is -2.06. The summed E-state index contributed by atoms with van der Waals surface area (Å²) in [5.41, 5.74) is 0.489. The number of aromatic nitrogens is 1. The third-order valence-corrected chi connectivity index (χ3v) is 1.69. The normalized spacial score (nSPS) is 11.1. The monoisotopic (exact) mass is 207 g/mol. The molecule has 1 aromatic rings. The van der Waals surface area contributed by atoms with Gasteiger partial charge in [-0.25, -0.2) is 9.59 Å². The van der Waals surface area contributed by atoms with Crippen molar-refractivity contribution in [2.75, 3.05) is 0 Å². The van der Waals surface area contributed by atoms with Gasteiger partial charge in [0.15, 0.2) is 0 Å². The van der Waals surface area contributed by atoms with Crippen LogP contribution in [0.2, 0.25) is 0 Å². The molecule has 2 N–H and O–H groups in total. The molecular weight excluding hydrogens is 198 g/mol. The Kier molecular flexibility index (Phi) is 3.56. The molecule has 0 unspecified atom stereocenters. The van der Waals surface area contributed by atoms with E-state index in [2.05, 4.69) is 4.98 Å². The first-order chi connectivity index (χ1) is 7.09. The van der Waals surface area contributed by atoms with Gasteiger partial charge in [-0.3, -0.25) is 4.98 Å². The summed E-state index contributed by atoms with van der Waals surface area (Å²) in [7, 11) is 0. The fourth-order valence-corrected chi connectivity index (χ4v) is 1.06. The second-order valence-corrected chi connectivity index (χ2v) is 2.85. The number of hydrogen-bond acceptors (Lipinski definition) is 3. The van der Waals surface area contributed by atoms with Crippen molar-refractivity contribution in [3.8, 4) is 0 Å². The van der Waals surface area contributed by atoms with Crippen LogP contribution < -0.4 is 0 Å². The Bertz CT molecular complexity index is 397. The summed E-state index contributed by atoms with van der Waals surface area (Å²) in [6.45, 7) is 0. The molecule has 0 bridgehead atoms. The highest BCUT2D eigenvalue weighted by Crippen LogP contribution is 2.06. The standard InChI is InChI=1S/C10H9NO4/c12-9(13)5-8(10(14)15)4-7-2-1-3-11-6-7/h1-3,5-6H,4H2,(H,12,13)(H,14,15)/b8-5-. The van der Waals surface area contributed by atoms with E-state index in [9.17, 15) is 9.59 Å². The largest absolute Gasteiger partial charge is 0.478 e. The Morgan fingerprint density at radius 1 is 1.40 bits per heavy atom. The van der Waals surface area contributed by atoms with Crippen molar-refractivity contribution in [1.29, 1.82) is 0 Å². The smallest absolute Gasteiger partial charge is 0.332 e. The van der Waals surface area contributed by atoms with E-state index in [1.165, 1.54) is 6.20 Å². The van der Waals surface area contributed by atoms with E-state index in [1.807, 2.05) is 0 Å². The van der Waals surface area contributed by atoms with E-state index < -0.39 is 11.9 Å². The molecule has 1 rings (SSSR count). The van der Waals surface area contributed by atoms with Crippen LogP contribution in [-0.4, -0.2) is 27.1 Å². The fourth-order valence-electron chi connectivity index (χ4n) is 1.06. The van der Waals surface area contributed by atoms with Gasteiger partial charge in [0.05, 0.1) is 0 Å². The number of nitrogens with zero attached hydrogens (tertiary/aromatic N) is 1. The van der Waals surface area contributed by atoms with Crippen LogP contribution in [0.1, 0.15) is 5.56 Å². The van der Waals surface area contributed by atoms with E-state index >= 15 is 0 Å². The lowest BCUT2D eigenvalue weighted by atomic mass is 10.1. The molecular formula is C10H9NO4. The van der Waals surface area contributed by atoms with E-state index in [0.29, 0.717) is 11.6 Å². The van der Waals surface area contributed by atoms with Crippen molar-refractivity contribution in [1.82, 2.24) is 4.98 Å². The predicted molar refractivity (Wildman–Crippen MR) is 51.3 cm³/mol. The molecule has 0 aliphatic heterocycles. The van der Waals surface area contributed by atoms with Gasteiger partial charge in [-0.15, -0.1) is 0 Å². The summed E-state index contributed by atoms with van der Waals surface area (Å²) in [6.07, 6.45) is 3.80. The average Bonchev–Trinajstić information content (AvgIpc) is 2.17. The van der Waals surface area contributed by atoms with Crippen LogP contribution in [0.3, 0.4) is 0 Å². The van der Waals surface area contributed by atoms with Crippen LogP contribution in [0.25, 0.3) is 0 Å². The van der Waals surface area contributed by atoms with Gasteiger partial charge in [-0.1, -0.05) is 6.07 Å². The molecule has 0 aliphatic rings. The molecule has 0 saturated heterocycles. The van der Waals surface area contributed by atoms with Gasteiger partial charge in [0, 0.05) is 30.5 Å². The molecule has 1 aromatic heterocycles. The average molecular weight is 207 g/mol. The van der Waals surface area contributed by atoms with Crippen molar-refractivity contribution in [3.05, 3.63) is 41.7 Å². The Labute approximate surface area is 85.7 Å². The first-order valence-electron chi connectivity index (χ1n) is 4.15. The molecule has 0 amide bonds. The Balaban J connectivity index is 2.86. The van der Waals surface area contributed by atoms with E-state index in [4.69, 9.17) is 10.2 Å². The quantitative estimate of drug-likeness (QED) is 0.710. The van der Waals surface area contributed by atoms with Crippen molar-refractivity contribution in [3.63, 3.8) is 0 Å². The van der Waals surface area contributed by atoms with Crippen molar-refractivity contribution in [2.24, 2.45) is 0 Å². The lowest BCUT2D eigenvalue weighted by Gasteiger charge is -2.00. The number of carboxylic acids is 2. The summed E-state index contributed by atoms with van der Waals surface area (Å²) < 4.78 is 0.